The molecule has 0 aromatic heterocycles. The van der Waals surface area contributed by atoms with Crippen molar-refractivity contribution < 1.29 is 32.2 Å². The van der Waals surface area contributed by atoms with Crippen LogP contribution in [0.5, 0.6) is 11.5 Å². The number of carbonyl (C=O) groups is 1. The molecule has 0 unspecified atom stereocenters. The molecule has 2 aromatic rings. The number of sulfonamides is 1. The molecule has 0 aliphatic carbocycles. The molecule has 9 heteroatoms. The standard InChI is InChI=1S/C17H18FNO6S/c1-24-13-5-2-4-12(10-13)19-26(22,23)14-7-8-16(15(18)11-14)25-9-3-6-17(20)21/h2,4-5,7-8,10-11,19H,3,6,9H2,1H3,(H,20,21). The molecule has 2 N–H and O–H groups in total. The van der Waals surface area contributed by atoms with E-state index in [1.165, 1.54) is 31.4 Å². The molecule has 0 saturated carbocycles. The first-order valence-electron chi connectivity index (χ1n) is 7.63. The summed E-state index contributed by atoms with van der Waals surface area (Å²) < 4.78 is 51.3. The van der Waals surface area contributed by atoms with E-state index in [9.17, 15) is 17.6 Å². The van der Waals surface area contributed by atoms with Crippen molar-refractivity contribution in [1.82, 2.24) is 0 Å². The van der Waals surface area contributed by atoms with Crippen LogP contribution in [-0.4, -0.2) is 33.2 Å². The summed E-state index contributed by atoms with van der Waals surface area (Å²) in [5.41, 5.74) is 0.277. The summed E-state index contributed by atoms with van der Waals surface area (Å²) in [7, 11) is -2.54. The van der Waals surface area contributed by atoms with Gasteiger partial charge in [-0.05, 0) is 36.8 Å². The van der Waals surface area contributed by atoms with Gasteiger partial charge in [0.2, 0.25) is 0 Å². The maximum Gasteiger partial charge on any atom is 0.303 e. The summed E-state index contributed by atoms with van der Waals surface area (Å²) in [6, 6.07) is 9.55. The summed E-state index contributed by atoms with van der Waals surface area (Å²) in [6.45, 7) is 0.0113. The molecule has 0 atom stereocenters. The highest BCUT2D eigenvalue weighted by molar-refractivity contribution is 7.92. The average molecular weight is 383 g/mol. The summed E-state index contributed by atoms with van der Waals surface area (Å²) in [5.74, 6) is -1.50. The molecular weight excluding hydrogens is 365 g/mol. The van der Waals surface area contributed by atoms with Crippen molar-refractivity contribution in [1.29, 1.82) is 0 Å². The van der Waals surface area contributed by atoms with Crippen molar-refractivity contribution in [2.24, 2.45) is 0 Å². The van der Waals surface area contributed by atoms with Crippen LogP contribution in [-0.2, 0) is 14.8 Å². The number of benzene rings is 2. The number of carboxylic acids is 1. The van der Waals surface area contributed by atoms with Gasteiger partial charge in [0.1, 0.15) is 5.75 Å². The van der Waals surface area contributed by atoms with Crippen molar-refractivity contribution in [3.63, 3.8) is 0 Å². The Morgan fingerprint density at radius 2 is 2.00 bits per heavy atom. The minimum atomic E-state index is -3.99. The van der Waals surface area contributed by atoms with Crippen LogP contribution >= 0.6 is 0 Å². The lowest BCUT2D eigenvalue weighted by Crippen LogP contribution is -2.13. The van der Waals surface area contributed by atoms with Crippen LogP contribution in [0.15, 0.2) is 47.4 Å². The molecule has 0 fully saturated rings. The minimum Gasteiger partial charge on any atom is -0.497 e. The van der Waals surface area contributed by atoms with Crippen molar-refractivity contribution in [3.8, 4) is 11.5 Å². The van der Waals surface area contributed by atoms with Gasteiger partial charge in [0.05, 0.1) is 24.3 Å². The largest absolute Gasteiger partial charge is 0.497 e. The maximum atomic E-state index is 14.1. The second-order valence-electron chi connectivity index (χ2n) is 5.28. The van der Waals surface area contributed by atoms with Gasteiger partial charge in [-0.25, -0.2) is 12.8 Å². The molecule has 0 amide bonds. The van der Waals surface area contributed by atoms with Crippen LogP contribution in [0.2, 0.25) is 0 Å². The second-order valence-corrected chi connectivity index (χ2v) is 6.96. The van der Waals surface area contributed by atoms with Crippen LogP contribution in [0.3, 0.4) is 0 Å². The van der Waals surface area contributed by atoms with Crippen molar-refractivity contribution in [2.75, 3.05) is 18.4 Å². The zero-order valence-electron chi connectivity index (χ0n) is 13.9. The number of halogens is 1. The Morgan fingerprint density at radius 3 is 2.65 bits per heavy atom. The molecule has 140 valence electrons. The Kier molecular flexibility index (Phi) is 6.40. The molecule has 0 radical (unpaired) electrons. The van der Waals surface area contributed by atoms with Crippen LogP contribution in [0.25, 0.3) is 0 Å². The number of hydrogen-bond acceptors (Lipinski definition) is 5. The molecule has 0 saturated heterocycles. The summed E-state index contributed by atoms with van der Waals surface area (Å²) in [6.07, 6.45) is 0.116. The third-order valence-corrected chi connectivity index (χ3v) is 4.71. The first-order valence-corrected chi connectivity index (χ1v) is 9.11. The molecule has 7 nitrogen and oxygen atoms in total. The van der Waals surface area contributed by atoms with Gasteiger partial charge in [-0.15, -0.1) is 0 Å². The van der Waals surface area contributed by atoms with Crippen molar-refractivity contribution in [2.45, 2.75) is 17.7 Å². The Morgan fingerprint density at radius 1 is 1.23 bits per heavy atom. The van der Waals surface area contributed by atoms with Gasteiger partial charge in [-0.1, -0.05) is 6.07 Å². The Balaban J connectivity index is 2.09. The second kappa shape index (κ2) is 8.52. The minimum absolute atomic E-state index is 0.0113. The lowest BCUT2D eigenvalue weighted by molar-refractivity contribution is -0.137. The van der Waals surface area contributed by atoms with E-state index in [4.69, 9.17) is 14.6 Å². The molecule has 2 aromatic carbocycles. The van der Waals surface area contributed by atoms with E-state index in [0.717, 1.165) is 6.07 Å². The van der Waals surface area contributed by atoms with Gasteiger partial charge in [0, 0.05) is 12.5 Å². The topological polar surface area (TPSA) is 102 Å². The molecule has 0 aliphatic rings. The number of hydrogen-bond donors (Lipinski definition) is 2. The number of carboxylic acid groups (broad SMARTS) is 1. The zero-order valence-corrected chi connectivity index (χ0v) is 14.8. The summed E-state index contributed by atoms with van der Waals surface area (Å²) in [4.78, 5) is 10.1. The first kappa shape index (κ1) is 19.5. The Hall–Kier alpha value is -2.81. The predicted octanol–water partition coefficient (Wildman–Crippen LogP) is 2.88. The summed E-state index contributed by atoms with van der Waals surface area (Å²) >= 11 is 0. The fourth-order valence-corrected chi connectivity index (χ4v) is 3.13. The quantitative estimate of drug-likeness (QED) is 0.646. The van der Waals surface area contributed by atoms with Crippen molar-refractivity contribution in [3.05, 3.63) is 48.3 Å². The number of nitrogens with one attached hydrogen (secondary N) is 1. The molecule has 0 spiro atoms. The molecule has 0 heterocycles. The van der Waals surface area contributed by atoms with E-state index in [2.05, 4.69) is 4.72 Å². The average Bonchev–Trinajstić information content (AvgIpc) is 2.59. The monoisotopic (exact) mass is 383 g/mol. The Labute approximate surface area is 150 Å². The molecule has 26 heavy (non-hydrogen) atoms. The highest BCUT2D eigenvalue weighted by atomic mass is 32.2. The number of aliphatic carboxylic acids is 1. The lowest BCUT2D eigenvalue weighted by Gasteiger charge is -2.11. The smallest absolute Gasteiger partial charge is 0.303 e. The van der Waals surface area contributed by atoms with E-state index in [0.29, 0.717) is 5.75 Å². The van der Waals surface area contributed by atoms with Gasteiger partial charge in [-0.3, -0.25) is 9.52 Å². The van der Waals surface area contributed by atoms with Gasteiger partial charge in [0.25, 0.3) is 10.0 Å². The molecule has 0 aliphatic heterocycles. The highest BCUT2D eigenvalue weighted by Crippen LogP contribution is 2.24. The first-order chi connectivity index (χ1) is 12.3. The maximum absolute atomic E-state index is 14.1. The Bertz CT molecular complexity index is 885. The number of anilines is 1. The fourth-order valence-electron chi connectivity index (χ4n) is 2.07. The van der Waals surface area contributed by atoms with Crippen molar-refractivity contribution >= 4 is 21.7 Å². The van der Waals surface area contributed by atoms with E-state index < -0.39 is 21.8 Å². The SMILES string of the molecule is COc1cccc(NS(=O)(=O)c2ccc(OCCCC(=O)O)c(F)c2)c1. The number of methoxy groups -OCH3 is 1. The van der Waals surface area contributed by atoms with Crippen LogP contribution in [0, 0.1) is 5.82 Å². The molecule has 2 rings (SSSR count). The third-order valence-electron chi connectivity index (χ3n) is 3.33. The van der Waals surface area contributed by atoms with Gasteiger partial charge >= 0.3 is 5.97 Å². The van der Waals surface area contributed by atoms with Gasteiger partial charge in [0.15, 0.2) is 11.6 Å². The number of rotatable bonds is 9. The lowest BCUT2D eigenvalue weighted by atomic mass is 10.3. The normalized spacial score (nSPS) is 11.0. The van der Waals surface area contributed by atoms with Crippen LogP contribution in [0.4, 0.5) is 10.1 Å². The van der Waals surface area contributed by atoms with Gasteiger partial charge < -0.3 is 14.6 Å². The molecule has 0 bridgehead atoms. The van der Waals surface area contributed by atoms with Crippen LogP contribution in [0.1, 0.15) is 12.8 Å². The van der Waals surface area contributed by atoms with E-state index in [1.807, 2.05) is 0 Å². The van der Waals surface area contributed by atoms with Crippen LogP contribution < -0.4 is 14.2 Å². The zero-order chi connectivity index (χ0) is 19.2. The fraction of sp³-hybridized carbons (Fsp3) is 0.235. The molecular formula is C17H18FNO6S. The third kappa shape index (κ3) is 5.35. The van der Waals surface area contributed by atoms with E-state index in [1.54, 1.807) is 12.1 Å². The predicted molar refractivity (Wildman–Crippen MR) is 92.6 cm³/mol. The van der Waals surface area contributed by atoms with E-state index in [-0.39, 0.29) is 35.8 Å². The summed E-state index contributed by atoms with van der Waals surface area (Å²) in [5, 5.41) is 8.53. The highest BCUT2D eigenvalue weighted by Gasteiger charge is 2.17. The number of ether oxygens (including phenoxy) is 2. The van der Waals surface area contributed by atoms with E-state index >= 15 is 0 Å². The van der Waals surface area contributed by atoms with Gasteiger partial charge in [-0.2, -0.15) is 0 Å².